The Kier molecular flexibility index (Phi) is 2.02. The number of hydrogen-bond donors (Lipinski definition) is 1. The van der Waals surface area contributed by atoms with Gasteiger partial charge < -0.3 is 5.73 Å². The van der Waals surface area contributed by atoms with E-state index >= 15 is 0 Å². The molecule has 0 saturated heterocycles. The van der Waals surface area contributed by atoms with Crippen molar-refractivity contribution in [3.63, 3.8) is 0 Å². The zero-order chi connectivity index (χ0) is 11.1. The molecule has 1 heterocycles. The average molecular weight is 217 g/mol. The smallest absolute Gasteiger partial charge is 0.138 e. The molecule has 4 heteroatoms. The fourth-order valence-electron chi connectivity index (χ4n) is 2.04. The molecular weight excluding hydrogens is 205 g/mol. The van der Waals surface area contributed by atoms with E-state index in [0.717, 1.165) is 18.7 Å². The highest BCUT2D eigenvalue weighted by atomic mass is 19.1. The molecule has 0 spiro atoms. The summed E-state index contributed by atoms with van der Waals surface area (Å²) in [5.74, 6) is 1.08. The van der Waals surface area contributed by atoms with Crippen molar-refractivity contribution in [2.75, 3.05) is 5.73 Å². The zero-order valence-electron chi connectivity index (χ0n) is 8.78. The summed E-state index contributed by atoms with van der Waals surface area (Å²) in [5.41, 5.74) is 6.39. The SMILES string of the molecule is Nc1nc(C2CCC2)nc2cccc(F)c12. The molecule has 0 radical (unpaired) electrons. The van der Waals surface area contributed by atoms with Gasteiger partial charge in [-0.05, 0) is 25.0 Å². The number of nitrogen functional groups attached to an aromatic ring is 1. The second kappa shape index (κ2) is 3.40. The minimum absolute atomic E-state index is 0.255. The summed E-state index contributed by atoms with van der Waals surface area (Å²) < 4.78 is 13.5. The number of rotatable bonds is 1. The van der Waals surface area contributed by atoms with Gasteiger partial charge in [-0.1, -0.05) is 12.5 Å². The monoisotopic (exact) mass is 217 g/mol. The van der Waals surface area contributed by atoms with Crippen LogP contribution >= 0.6 is 0 Å². The molecular formula is C12H12FN3. The Labute approximate surface area is 92.5 Å². The third kappa shape index (κ3) is 1.33. The Bertz CT molecular complexity index is 549. The first-order chi connectivity index (χ1) is 7.75. The molecule has 0 bridgehead atoms. The van der Waals surface area contributed by atoms with Gasteiger partial charge in [0.25, 0.3) is 0 Å². The summed E-state index contributed by atoms with van der Waals surface area (Å²) in [6.07, 6.45) is 3.44. The van der Waals surface area contributed by atoms with Crippen molar-refractivity contribution in [2.24, 2.45) is 0 Å². The van der Waals surface area contributed by atoms with Crippen LogP contribution < -0.4 is 5.73 Å². The molecule has 1 aliphatic rings. The maximum atomic E-state index is 13.5. The second-order valence-corrected chi connectivity index (χ2v) is 4.23. The van der Waals surface area contributed by atoms with Gasteiger partial charge in [0.15, 0.2) is 0 Å². The van der Waals surface area contributed by atoms with Crippen LogP contribution in [0.4, 0.5) is 10.2 Å². The van der Waals surface area contributed by atoms with Gasteiger partial charge in [-0.25, -0.2) is 14.4 Å². The van der Waals surface area contributed by atoms with Crippen LogP contribution in [0.2, 0.25) is 0 Å². The van der Waals surface area contributed by atoms with Crippen LogP contribution in [0.5, 0.6) is 0 Å². The van der Waals surface area contributed by atoms with Gasteiger partial charge in [-0.15, -0.1) is 0 Å². The molecule has 2 N–H and O–H groups in total. The molecule has 2 aromatic rings. The summed E-state index contributed by atoms with van der Waals surface area (Å²) in [7, 11) is 0. The van der Waals surface area contributed by atoms with E-state index in [0.29, 0.717) is 16.8 Å². The molecule has 1 saturated carbocycles. The number of fused-ring (bicyclic) bond motifs is 1. The molecule has 16 heavy (non-hydrogen) atoms. The molecule has 0 amide bonds. The van der Waals surface area contributed by atoms with E-state index in [-0.39, 0.29) is 11.6 Å². The highest BCUT2D eigenvalue weighted by Crippen LogP contribution is 2.35. The maximum Gasteiger partial charge on any atom is 0.138 e. The molecule has 0 unspecified atom stereocenters. The lowest BCUT2D eigenvalue weighted by molar-refractivity contribution is 0.403. The first-order valence-electron chi connectivity index (χ1n) is 5.47. The van der Waals surface area contributed by atoms with Crippen molar-refractivity contribution in [3.05, 3.63) is 29.8 Å². The van der Waals surface area contributed by atoms with E-state index < -0.39 is 0 Å². The minimum atomic E-state index is -0.352. The molecule has 0 aliphatic heterocycles. The third-order valence-corrected chi connectivity index (χ3v) is 3.19. The summed E-state index contributed by atoms with van der Waals surface area (Å²) in [6, 6.07) is 4.80. The molecule has 1 aromatic heterocycles. The van der Waals surface area contributed by atoms with Gasteiger partial charge in [0.05, 0.1) is 10.9 Å². The van der Waals surface area contributed by atoms with Crippen LogP contribution in [0.3, 0.4) is 0 Å². The van der Waals surface area contributed by atoms with E-state index in [4.69, 9.17) is 5.73 Å². The third-order valence-electron chi connectivity index (χ3n) is 3.19. The zero-order valence-corrected chi connectivity index (χ0v) is 8.78. The van der Waals surface area contributed by atoms with Crippen molar-refractivity contribution in [3.8, 4) is 0 Å². The van der Waals surface area contributed by atoms with Crippen molar-refractivity contribution in [1.82, 2.24) is 9.97 Å². The van der Waals surface area contributed by atoms with Crippen molar-refractivity contribution in [2.45, 2.75) is 25.2 Å². The lowest BCUT2D eigenvalue weighted by Crippen LogP contribution is -2.14. The molecule has 3 nitrogen and oxygen atoms in total. The van der Waals surface area contributed by atoms with Gasteiger partial charge in [0.1, 0.15) is 17.5 Å². The van der Waals surface area contributed by atoms with Crippen molar-refractivity contribution >= 4 is 16.7 Å². The predicted molar refractivity (Wildman–Crippen MR) is 60.5 cm³/mol. The summed E-state index contributed by atoms with van der Waals surface area (Å²) >= 11 is 0. The Hall–Kier alpha value is -1.71. The van der Waals surface area contributed by atoms with Crippen LogP contribution in [0, 0.1) is 5.82 Å². The van der Waals surface area contributed by atoms with E-state index in [1.165, 1.54) is 12.5 Å². The lowest BCUT2D eigenvalue weighted by Gasteiger charge is -2.24. The van der Waals surface area contributed by atoms with Crippen LogP contribution in [0.1, 0.15) is 31.0 Å². The van der Waals surface area contributed by atoms with Gasteiger partial charge in [-0.3, -0.25) is 0 Å². The fourth-order valence-corrected chi connectivity index (χ4v) is 2.04. The Balaban J connectivity index is 2.21. The topological polar surface area (TPSA) is 51.8 Å². The molecule has 3 rings (SSSR count). The number of benzene rings is 1. The van der Waals surface area contributed by atoms with E-state index in [9.17, 15) is 4.39 Å². The molecule has 1 aliphatic carbocycles. The van der Waals surface area contributed by atoms with Crippen LogP contribution in [0.15, 0.2) is 18.2 Å². The van der Waals surface area contributed by atoms with Crippen molar-refractivity contribution < 1.29 is 4.39 Å². The molecule has 82 valence electrons. The fraction of sp³-hybridized carbons (Fsp3) is 0.333. The predicted octanol–water partition coefficient (Wildman–Crippen LogP) is 2.62. The highest BCUT2D eigenvalue weighted by molar-refractivity contribution is 5.88. The van der Waals surface area contributed by atoms with Gasteiger partial charge in [0.2, 0.25) is 0 Å². The van der Waals surface area contributed by atoms with Crippen molar-refractivity contribution in [1.29, 1.82) is 0 Å². The second-order valence-electron chi connectivity index (χ2n) is 4.23. The highest BCUT2D eigenvalue weighted by Gasteiger charge is 2.23. The number of hydrogen-bond acceptors (Lipinski definition) is 3. The number of nitrogens with zero attached hydrogens (tertiary/aromatic N) is 2. The van der Waals surface area contributed by atoms with E-state index in [1.54, 1.807) is 12.1 Å². The number of nitrogens with two attached hydrogens (primary N) is 1. The maximum absolute atomic E-state index is 13.5. The van der Waals surface area contributed by atoms with Crippen LogP contribution in [-0.2, 0) is 0 Å². The van der Waals surface area contributed by atoms with Gasteiger partial charge in [0, 0.05) is 5.92 Å². The van der Waals surface area contributed by atoms with Gasteiger partial charge in [-0.2, -0.15) is 0 Å². The average Bonchev–Trinajstić information content (AvgIpc) is 2.14. The molecule has 1 aromatic carbocycles. The van der Waals surface area contributed by atoms with Crippen LogP contribution in [-0.4, -0.2) is 9.97 Å². The Morgan fingerprint density at radius 2 is 2.06 bits per heavy atom. The van der Waals surface area contributed by atoms with Crippen LogP contribution in [0.25, 0.3) is 10.9 Å². The summed E-state index contributed by atoms with van der Waals surface area (Å²) in [6.45, 7) is 0. The Morgan fingerprint density at radius 3 is 2.75 bits per heavy atom. The van der Waals surface area contributed by atoms with Gasteiger partial charge >= 0.3 is 0 Å². The first kappa shape index (κ1) is 9.51. The van der Waals surface area contributed by atoms with E-state index in [2.05, 4.69) is 9.97 Å². The summed E-state index contributed by atoms with van der Waals surface area (Å²) in [4.78, 5) is 8.60. The normalized spacial score (nSPS) is 16.3. The molecule has 1 fully saturated rings. The lowest BCUT2D eigenvalue weighted by atomic mass is 9.85. The van der Waals surface area contributed by atoms with E-state index in [1.807, 2.05) is 0 Å². The quantitative estimate of drug-likeness (QED) is 0.798. The number of halogens is 1. The molecule has 0 atom stereocenters. The first-order valence-corrected chi connectivity index (χ1v) is 5.47. The number of aromatic nitrogens is 2. The number of anilines is 1. The minimum Gasteiger partial charge on any atom is -0.383 e. The standard InChI is InChI=1S/C12H12FN3/c13-8-5-2-6-9-10(8)11(14)16-12(15-9)7-3-1-4-7/h2,5-7H,1,3-4H2,(H2,14,15,16). The summed E-state index contributed by atoms with van der Waals surface area (Å²) in [5, 5.41) is 0.338. The Morgan fingerprint density at radius 1 is 1.25 bits per heavy atom. The largest absolute Gasteiger partial charge is 0.383 e.